The van der Waals surface area contributed by atoms with Crippen LogP contribution in [0.25, 0.3) is 0 Å². The fourth-order valence-electron chi connectivity index (χ4n) is 2.44. The number of rotatable bonds is 3. The lowest BCUT2D eigenvalue weighted by atomic mass is 9.93. The molecule has 1 aromatic carbocycles. The Morgan fingerprint density at radius 3 is 3.11 bits per heavy atom. The average Bonchev–Trinajstić information content (AvgIpc) is 2.87. The van der Waals surface area contributed by atoms with Gasteiger partial charge >= 0.3 is 0 Å². The van der Waals surface area contributed by atoms with Crippen molar-refractivity contribution in [1.82, 2.24) is 9.78 Å². The summed E-state index contributed by atoms with van der Waals surface area (Å²) >= 11 is 0. The first-order valence-corrected chi connectivity index (χ1v) is 6.30. The van der Waals surface area contributed by atoms with Crippen molar-refractivity contribution >= 4 is 0 Å². The molecule has 1 aliphatic heterocycles. The molecular formula is C14H17N3O. The molecule has 0 saturated heterocycles. The van der Waals surface area contributed by atoms with Crippen LogP contribution >= 0.6 is 0 Å². The van der Waals surface area contributed by atoms with E-state index in [1.54, 1.807) is 0 Å². The standard InChI is InChI=1S/C14H17N3O/c15-7-11-8-16-17(9-11)10-12-5-6-18-14-4-2-1-3-13(12)14/h1-4,8-9,12H,5-7,10,15H2. The van der Waals surface area contributed by atoms with Crippen LogP contribution in [0, 0.1) is 0 Å². The molecule has 1 unspecified atom stereocenters. The topological polar surface area (TPSA) is 53.1 Å². The van der Waals surface area contributed by atoms with Crippen LogP contribution in [-0.2, 0) is 13.1 Å². The Morgan fingerprint density at radius 1 is 1.39 bits per heavy atom. The molecule has 4 heteroatoms. The van der Waals surface area contributed by atoms with Crippen LogP contribution in [-0.4, -0.2) is 16.4 Å². The van der Waals surface area contributed by atoms with Gasteiger partial charge in [-0.3, -0.25) is 4.68 Å². The summed E-state index contributed by atoms with van der Waals surface area (Å²) in [5, 5.41) is 4.35. The fourth-order valence-corrected chi connectivity index (χ4v) is 2.44. The first kappa shape index (κ1) is 11.3. The minimum atomic E-state index is 0.473. The van der Waals surface area contributed by atoms with Gasteiger partial charge in [-0.05, 0) is 18.1 Å². The quantitative estimate of drug-likeness (QED) is 0.896. The van der Waals surface area contributed by atoms with Gasteiger partial charge in [-0.2, -0.15) is 5.10 Å². The molecule has 0 bridgehead atoms. The summed E-state index contributed by atoms with van der Waals surface area (Å²) in [6, 6.07) is 8.26. The van der Waals surface area contributed by atoms with E-state index in [9.17, 15) is 0 Å². The number of nitrogens with zero attached hydrogens (tertiary/aromatic N) is 2. The second-order valence-electron chi connectivity index (χ2n) is 4.65. The van der Waals surface area contributed by atoms with E-state index in [4.69, 9.17) is 10.5 Å². The number of fused-ring (bicyclic) bond motifs is 1. The molecular weight excluding hydrogens is 226 g/mol. The van der Waals surface area contributed by atoms with Gasteiger partial charge in [0.25, 0.3) is 0 Å². The Bertz CT molecular complexity index is 535. The molecule has 3 rings (SSSR count). The first-order valence-electron chi connectivity index (χ1n) is 6.30. The zero-order chi connectivity index (χ0) is 12.4. The second-order valence-corrected chi connectivity index (χ2v) is 4.65. The molecule has 2 aromatic rings. The van der Waals surface area contributed by atoms with Crippen molar-refractivity contribution < 1.29 is 4.74 Å². The van der Waals surface area contributed by atoms with E-state index in [1.807, 2.05) is 29.2 Å². The number of hydrogen-bond donors (Lipinski definition) is 1. The molecule has 2 heterocycles. The number of para-hydroxylation sites is 1. The van der Waals surface area contributed by atoms with Crippen molar-refractivity contribution in [1.29, 1.82) is 0 Å². The summed E-state index contributed by atoms with van der Waals surface area (Å²) in [7, 11) is 0. The molecule has 0 spiro atoms. The SMILES string of the molecule is NCc1cnn(CC2CCOc3ccccc32)c1. The van der Waals surface area contributed by atoms with Crippen molar-refractivity contribution in [3.63, 3.8) is 0 Å². The van der Waals surface area contributed by atoms with E-state index in [1.165, 1.54) is 5.56 Å². The van der Waals surface area contributed by atoms with Crippen LogP contribution < -0.4 is 10.5 Å². The Hall–Kier alpha value is -1.81. The van der Waals surface area contributed by atoms with E-state index in [2.05, 4.69) is 17.2 Å². The third kappa shape index (κ3) is 2.11. The van der Waals surface area contributed by atoms with Gasteiger partial charge in [-0.15, -0.1) is 0 Å². The molecule has 1 atom stereocenters. The van der Waals surface area contributed by atoms with Crippen LogP contribution in [0.1, 0.15) is 23.5 Å². The molecule has 0 radical (unpaired) electrons. The monoisotopic (exact) mass is 243 g/mol. The van der Waals surface area contributed by atoms with E-state index in [0.717, 1.165) is 30.9 Å². The minimum absolute atomic E-state index is 0.473. The number of nitrogens with two attached hydrogens (primary N) is 1. The van der Waals surface area contributed by atoms with Gasteiger partial charge in [-0.25, -0.2) is 0 Å². The lowest BCUT2D eigenvalue weighted by Crippen LogP contribution is -2.18. The van der Waals surface area contributed by atoms with Crippen LogP contribution in [0.5, 0.6) is 5.75 Å². The molecule has 0 amide bonds. The van der Waals surface area contributed by atoms with Crippen LogP contribution in [0.2, 0.25) is 0 Å². The summed E-state index contributed by atoms with van der Waals surface area (Å²) in [5.74, 6) is 1.49. The molecule has 0 saturated carbocycles. The van der Waals surface area contributed by atoms with E-state index < -0.39 is 0 Å². The Morgan fingerprint density at radius 2 is 2.28 bits per heavy atom. The molecule has 18 heavy (non-hydrogen) atoms. The minimum Gasteiger partial charge on any atom is -0.493 e. The van der Waals surface area contributed by atoms with Crippen molar-refractivity contribution in [3.05, 3.63) is 47.8 Å². The van der Waals surface area contributed by atoms with E-state index >= 15 is 0 Å². The van der Waals surface area contributed by atoms with Gasteiger partial charge in [-0.1, -0.05) is 18.2 Å². The Labute approximate surface area is 106 Å². The van der Waals surface area contributed by atoms with Gasteiger partial charge in [0.1, 0.15) is 5.75 Å². The molecule has 0 fully saturated rings. The van der Waals surface area contributed by atoms with Crippen LogP contribution in [0.15, 0.2) is 36.7 Å². The average molecular weight is 243 g/mol. The zero-order valence-corrected chi connectivity index (χ0v) is 10.2. The molecule has 0 aliphatic carbocycles. The highest BCUT2D eigenvalue weighted by atomic mass is 16.5. The summed E-state index contributed by atoms with van der Waals surface area (Å²) in [6.45, 7) is 2.22. The van der Waals surface area contributed by atoms with E-state index in [0.29, 0.717) is 12.5 Å². The van der Waals surface area contributed by atoms with Crippen LogP contribution in [0.3, 0.4) is 0 Å². The summed E-state index contributed by atoms with van der Waals surface area (Å²) in [5.41, 5.74) is 7.96. The third-order valence-corrected chi connectivity index (χ3v) is 3.41. The normalized spacial score (nSPS) is 18.2. The van der Waals surface area contributed by atoms with Crippen molar-refractivity contribution in [2.45, 2.75) is 25.4 Å². The molecule has 2 N–H and O–H groups in total. The molecule has 1 aromatic heterocycles. The number of hydrogen-bond acceptors (Lipinski definition) is 3. The molecule has 4 nitrogen and oxygen atoms in total. The molecule has 94 valence electrons. The maximum absolute atomic E-state index is 5.67. The second kappa shape index (κ2) is 4.82. The van der Waals surface area contributed by atoms with Crippen molar-refractivity contribution in [3.8, 4) is 5.75 Å². The van der Waals surface area contributed by atoms with Crippen molar-refractivity contribution in [2.24, 2.45) is 5.73 Å². The van der Waals surface area contributed by atoms with Crippen LogP contribution in [0.4, 0.5) is 0 Å². The third-order valence-electron chi connectivity index (χ3n) is 3.41. The predicted molar refractivity (Wildman–Crippen MR) is 69.4 cm³/mol. The smallest absolute Gasteiger partial charge is 0.122 e. The van der Waals surface area contributed by atoms with Gasteiger partial charge in [0.2, 0.25) is 0 Å². The lowest BCUT2D eigenvalue weighted by Gasteiger charge is -2.25. The van der Waals surface area contributed by atoms with Gasteiger partial charge < -0.3 is 10.5 Å². The van der Waals surface area contributed by atoms with Gasteiger partial charge in [0, 0.05) is 30.8 Å². The fraction of sp³-hybridized carbons (Fsp3) is 0.357. The van der Waals surface area contributed by atoms with E-state index in [-0.39, 0.29) is 0 Å². The predicted octanol–water partition coefficient (Wildman–Crippen LogP) is 1.91. The number of ether oxygens (including phenoxy) is 1. The summed E-state index contributed by atoms with van der Waals surface area (Å²) in [6.07, 6.45) is 4.90. The number of aromatic nitrogens is 2. The lowest BCUT2D eigenvalue weighted by molar-refractivity contribution is 0.256. The summed E-state index contributed by atoms with van der Waals surface area (Å²) in [4.78, 5) is 0. The largest absolute Gasteiger partial charge is 0.493 e. The Kier molecular flexibility index (Phi) is 3.02. The highest BCUT2D eigenvalue weighted by molar-refractivity contribution is 5.37. The number of benzene rings is 1. The highest BCUT2D eigenvalue weighted by Crippen LogP contribution is 2.34. The van der Waals surface area contributed by atoms with Gasteiger partial charge in [0.15, 0.2) is 0 Å². The maximum Gasteiger partial charge on any atom is 0.122 e. The Balaban J connectivity index is 1.81. The maximum atomic E-state index is 5.67. The highest BCUT2D eigenvalue weighted by Gasteiger charge is 2.21. The molecule has 1 aliphatic rings. The van der Waals surface area contributed by atoms with Gasteiger partial charge in [0.05, 0.1) is 12.8 Å². The van der Waals surface area contributed by atoms with Crippen molar-refractivity contribution in [2.75, 3.05) is 6.61 Å². The first-order chi connectivity index (χ1) is 8.86. The summed E-state index contributed by atoms with van der Waals surface area (Å²) < 4.78 is 7.65. The zero-order valence-electron chi connectivity index (χ0n) is 10.2.